The Morgan fingerprint density at radius 2 is 0.950 bits per heavy atom. The molecule has 2 aliphatic heterocycles. The smallest absolute Gasteiger partial charge is 0.257 e. The summed E-state index contributed by atoms with van der Waals surface area (Å²) in [6.07, 6.45) is 6.89. The van der Waals surface area contributed by atoms with Gasteiger partial charge in [-0.2, -0.15) is 0 Å². The van der Waals surface area contributed by atoms with Crippen molar-refractivity contribution in [1.82, 2.24) is 0 Å². The lowest BCUT2D eigenvalue weighted by Crippen LogP contribution is -2.62. The second-order valence-corrected chi connectivity index (χ2v) is 29.4. The van der Waals surface area contributed by atoms with E-state index in [9.17, 15) is 0 Å². The molecule has 402 valence electrons. The number of hydrogen-bond acceptors (Lipinski definition) is 4. The first-order chi connectivity index (χ1) is 37.8. The predicted octanol–water partition coefficient (Wildman–Crippen LogP) is 19.2. The number of para-hydroxylation sites is 1. The molecule has 0 saturated heterocycles. The molecule has 15 rings (SSSR count). The molecule has 4 heterocycles. The van der Waals surface area contributed by atoms with Gasteiger partial charge in [0.1, 0.15) is 22.3 Å². The van der Waals surface area contributed by atoms with Crippen LogP contribution in [0.2, 0.25) is 0 Å². The van der Waals surface area contributed by atoms with E-state index < -0.39 is 0 Å². The summed E-state index contributed by atoms with van der Waals surface area (Å²) in [5.74, 6) is 0. The zero-order valence-corrected chi connectivity index (χ0v) is 50.1. The maximum Gasteiger partial charge on any atom is 0.257 e. The van der Waals surface area contributed by atoms with Gasteiger partial charge in [0.15, 0.2) is 0 Å². The Balaban J connectivity index is 1.14. The summed E-state index contributed by atoms with van der Waals surface area (Å²) in [6, 6.07) is 47.9. The third kappa shape index (κ3) is 6.88. The highest BCUT2D eigenvalue weighted by atomic mass is 16.3. The van der Waals surface area contributed by atoms with Gasteiger partial charge in [-0.05, 0) is 237 Å². The van der Waals surface area contributed by atoms with Gasteiger partial charge in [-0.15, -0.1) is 0 Å². The molecule has 0 spiro atoms. The van der Waals surface area contributed by atoms with E-state index >= 15 is 0 Å². The van der Waals surface area contributed by atoms with Crippen molar-refractivity contribution in [1.29, 1.82) is 0 Å². The zero-order valence-electron chi connectivity index (χ0n) is 50.1. The first kappa shape index (κ1) is 50.0. The fraction of sp³-hybridized carbons (Fsp3) is 0.360. The van der Waals surface area contributed by atoms with Crippen LogP contribution in [0.3, 0.4) is 0 Å². The van der Waals surface area contributed by atoms with Crippen LogP contribution in [0.5, 0.6) is 0 Å². The van der Waals surface area contributed by atoms with E-state index in [2.05, 4.69) is 235 Å². The minimum Gasteiger partial charge on any atom is -0.457 e. The molecule has 0 saturated carbocycles. The van der Waals surface area contributed by atoms with E-state index in [1.807, 2.05) is 0 Å². The van der Waals surface area contributed by atoms with Gasteiger partial charge >= 0.3 is 0 Å². The molecule has 0 amide bonds. The van der Waals surface area contributed by atoms with E-state index in [1.165, 1.54) is 118 Å². The average Bonchev–Trinajstić information content (AvgIpc) is 4.12. The lowest BCUT2D eigenvalue weighted by molar-refractivity contribution is 0.332. The second-order valence-electron chi connectivity index (χ2n) is 29.4. The van der Waals surface area contributed by atoms with Gasteiger partial charge in [0.05, 0.1) is 11.1 Å². The van der Waals surface area contributed by atoms with E-state index in [0.29, 0.717) is 0 Å². The Hall–Kier alpha value is -6.98. The maximum atomic E-state index is 7.71. The second kappa shape index (κ2) is 16.1. The number of nitrogens with zero attached hydrogens (tertiary/aromatic N) is 2. The molecule has 4 nitrogen and oxygen atoms in total. The molecule has 0 bridgehead atoms. The maximum absolute atomic E-state index is 7.71. The van der Waals surface area contributed by atoms with Crippen molar-refractivity contribution < 1.29 is 8.83 Å². The first-order valence-electron chi connectivity index (χ1n) is 30.0. The number of benzene rings is 8. The number of anilines is 6. The Morgan fingerprint density at radius 1 is 0.388 bits per heavy atom. The van der Waals surface area contributed by atoms with Gasteiger partial charge in [-0.1, -0.05) is 137 Å². The molecular weight excluding hydrogens is 972 g/mol. The highest BCUT2D eigenvalue weighted by molar-refractivity contribution is 7.01. The number of rotatable bonds is 3. The normalized spacial score (nSPS) is 19.4. The van der Waals surface area contributed by atoms with E-state index in [1.54, 1.807) is 0 Å². The lowest BCUT2D eigenvalue weighted by atomic mass is 9.32. The summed E-state index contributed by atoms with van der Waals surface area (Å²) in [6.45, 7) is 36.3. The molecule has 8 aromatic carbocycles. The minimum atomic E-state index is -0.169. The fourth-order valence-corrected chi connectivity index (χ4v) is 16.4. The summed E-state index contributed by atoms with van der Waals surface area (Å²) >= 11 is 0. The molecule has 80 heavy (non-hydrogen) atoms. The van der Waals surface area contributed by atoms with Gasteiger partial charge in [0.2, 0.25) is 0 Å². The molecular formula is C75H77BN2O2. The van der Waals surface area contributed by atoms with Crippen LogP contribution >= 0.6 is 0 Å². The lowest BCUT2D eigenvalue weighted by Gasteiger charge is -2.48. The van der Waals surface area contributed by atoms with Crippen molar-refractivity contribution in [2.24, 2.45) is 0 Å². The van der Waals surface area contributed by atoms with Crippen LogP contribution in [0.15, 0.2) is 130 Å². The predicted molar refractivity (Wildman–Crippen MR) is 341 cm³/mol. The van der Waals surface area contributed by atoms with Crippen molar-refractivity contribution in [3.8, 4) is 11.1 Å². The molecule has 5 aliphatic rings. The van der Waals surface area contributed by atoms with Gasteiger partial charge < -0.3 is 18.6 Å². The summed E-state index contributed by atoms with van der Waals surface area (Å²) < 4.78 is 14.5. The SMILES string of the molecule is Cc1cc(C)c(-c2cc3c4c(c2)N(c2cccc5oc6ccccc6c25)c2ccc5c(oc6cc7c(cc65)C(C)(C)CCC7(C)C)c2B4c2cc4c(cc2N3c2ccc3c(c2)C(C)(C)CCC3(C)C)C(C)(C)CCC4(C)C)c(C)c1. The third-order valence-electron chi connectivity index (χ3n) is 21.3. The largest absolute Gasteiger partial charge is 0.457 e. The van der Waals surface area contributed by atoms with Gasteiger partial charge in [-0.25, -0.2) is 0 Å². The van der Waals surface area contributed by atoms with Gasteiger partial charge in [0.25, 0.3) is 6.71 Å². The van der Waals surface area contributed by atoms with Crippen LogP contribution in [-0.2, 0) is 32.5 Å². The van der Waals surface area contributed by atoms with Crippen molar-refractivity contribution in [2.75, 3.05) is 9.80 Å². The van der Waals surface area contributed by atoms with Crippen molar-refractivity contribution in [3.63, 3.8) is 0 Å². The van der Waals surface area contributed by atoms with Crippen LogP contribution in [0.1, 0.15) is 172 Å². The molecule has 10 aromatic rings. The molecule has 0 atom stereocenters. The summed E-state index contributed by atoms with van der Waals surface area (Å²) in [5.41, 5.74) is 30.0. The summed E-state index contributed by atoms with van der Waals surface area (Å²) in [4.78, 5) is 5.34. The zero-order chi connectivity index (χ0) is 55.7. The first-order valence-corrected chi connectivity index (χ1v) is 30.0. The van der Waals surface area contributed by atoms with Crippen LogP contribution in [0.25, 0.3) is 55.0 Å². The van der Waals surface area contributed by atoms with Crippen LogP contribution in [-0.4, -0.2) is 6.71 Å². The highest BCUT2D eigenvalue weighted by Crippen LogP contribution is 2.56. The fourth-order valence-electron chi connectivity index (χ4n) is 16.4. The average molecular weight is 1050 g/mol. The van der Waals surface area contributed by atoms with Crippen LogP contribution in [0, 0.1) is 20.8 Å². The number of aryl methyl sites for hydroxylation is 3. The molecule has 0 radical (unpaired) electrons. The molecule has 2 aromatic heterocycles. The highest BCUT2D eigenvalue weighted by Gasteiger charge is 2.49. The van der Waals surface area contributed by atoms with Gasteiger partial charge in [-0.3, -0.25) is 0 Å². The number of furan rings is 2. The summed E-state index contributed by atoms with van der Waals surface area (Å²) in [5, 5.41) is 4.62. The van der Waals surface area contributed by atoms with Crippen molar-refractivity contribution in [2.45, 2.75) is 175 Å². The Bertz CT molecular complexity index is 4350. The topological polar surface area (TPSA) is 32.8 Å². The van der Waals surface area contributed by atoms with E-state index in [-0.39, 0.29) is 39.2 Å². The molecule has 0 unspecified atom stereocenters. The molecule has 5 heteroatoms. The van der Waals surface area contributed by atoms with Gasteiger partial charge in [0, 0.05) is 44.6 Å². The Morgan fingerprint density at radius 3 is 1.61 bits per heavy atom. The van der Waals surface area contributed by atoms with Crippen molar-refractivity contribution in [3.05, 3.63) is 171 Å². The quantitative estimate of drug-likeness (QED) is 0.165. The molecule has 0 fully saturated rings. The standard InChI is InChI=1S/C75H77BN2O2/c1-42-33-43(2)65(44(3)34-42)45-35-60-67-61(36-45)78(57-20-18-22-63-66(57)48-19-16-17-21-62(48)79-63)58-26-24-47-49-38-52-55(75(14,15)32-29-72(52,8)9)41-64(49)80-69(47)68(58)76(67)56-39-53-54(74(12,13)31-30-73(53,10)11)40-59(56)77(60)46-23-25-50-51(37-46)71(6,7)28-27-70(50,4)5/h16-26,33-41H,27-32H2,1-15H3. The Labute approximate surface area is 474 Å². The van der Waals surface area contributed by atoms with E-state index in [0.717, 1.165) is 76.6 Å². The molecule has 0 N–H and O–H groups in total. The van der Waals surface area contributed by atoms with Crippen molar-refractivity contribution >= 4 is 101 Å². The number of fused-ring (bicyclic) bond motifs is 14. The van der Waals surface area contributed by atoms with Crippen LogP contribution < -0.4 is 26.2 Å². The third-order valence-corrected chi connectivity index (χ3v) is 21.3. The summed E-state index contributed by atoms with van der Waals surface area (Å²) in [7, 11) is 0. The monoisotopic (exact) mass is 1050 g/mol. The molecule has 3 aliphatic carbocycles. The minimum absolute atomic E-state index is 0.0135. The van der Waals surface area contributed by atoms with E-state index in [4.69, 9.17) is 8.83 Å². The number of hydrogen-bond donors (Lipinski definition) is 0. The van der Waals surface area contributed by atoms with Crippen LogP contribution in [0.4, 0.5) is 34.1 Å². The Kier molecular flexibility index (Phi) is 10.1.